The minimum Gasteiger partial charge on any atom is -0.354 e. The summed E-state index contributed by atoms with van der Waals surface area (Å²) in [5.74, 6) is -0.556. The van der Waals surface area contributed by atoms with Crippen LogP contribution in [0.2, 0.25) is 10.0 Å². The van der Waals surface area contributed by atoms with Gasteiger partial charge in [-0.3, -0.25) is 0 Å². The van der Waals surface area contributed by atoms with Crippen LogP contribution in [0.25, 0.3) is 0 Å². The average Bonchev–Trinajstić information content (AvgIpc) is 3.75. The molecule has 0 aliphatic carbocycles. The summed E-state index contributed by atoms with van der Waals surface area (Å²) in [5.41, 5.74) is 2.37. The Balaban J connectivity index is 0.000000147. The van der Waals surface area contributed by atoms with Crippen LogP contribution in [0.15, 0.2) is 122 Å². The lowest BCUT2D eigenvalue weighted by atomic mass is 9.91. The van der Waals surface area contributed by atoms with Crippen LogP contribution in [-0.4, -0.2) is 29.5 Å². The van der Waals surface area contributed by atoms with E-state index in [1.54, 1.807) is 46.3 Å². The van der Waals surface area contributed by atoms with Crippen molar-refractivity contribution in [3.05, 3.63) is 166 Å². The summed E-state index contributed by atoms with van der Waals surface area (Å²) < 4.78 is 42.1. The Morgan fingerprint density at radius 3 is 1.33 bits per heavy atom. The highest BCUT2D eigenvalue weighted by molar-refractivity contribution is 6.31. The van der Waals surface area contributed by atoms with Crippen molar-refractivity contribution in [2.75, 3.05) is 0 Å². The van der Waals surface area contributed by atoms with Gasteiger partial charge in [0.1, 0.15) is 60.4 Å². The maximum absolute atomic E-state index is 13.3. The number of hydrogen-bond donors (Lipinski definition) is 0. The van der Waals surface area contributed by atoms with Gasteiger partial charge < -0.3 is 9.47 Å². The molecule has 0 N–H and O–H groups in total. The molecule has 232 valence electrons. The summed E-state index contributed by atoms with van der Waals surface area (Å²) in [6.45, 7) is 0.961. The predicted molar refractivity (Wildman–Crippen MR) is 167 cm³/mol. The summed E-state index contributed by atoms with van der Waals surface area (Å²) in [6.07, 6.45) is 5.82. The molecule has 1 unspecified atom stereocenters. The molecule has 0 spiro atoms. The lowest BCUT2D eigenvalue weighted by Crippen LogP contribution is -2.19. The molecule has 6 aromatic rings. The van der Waals surface area contributed by atoms with Crippen LogP contribution >= 0.6 is 23.2 Å². The van der Waals surface area contributed by atoms with E-state index in [1.807, 2.05) is 48.5 Å². The van der Waals surface area contributed by atoms with E-state index >= 15 is 0 Å². The number of rotatable bonds is 8. The largest absolute Gasteiger partial charge is 0.354 e. The van der Waals surface area contributed by atoms with Crippen LogP contribution in [0.1, 0.15) is 34.5 Å². The molecule has 12 heteroatoms. The minimum atomic E-state index is -0.619. The lowest BCUT2D eigenvalue weighted by Gasteiger charge is -2.14. The second-order valence-corrected chi connectivity index (χ2v) is 11.8. The van der Waals surface area contributed by atoms with Gasteiger partial charge in [0.05, 0.1) is 13.1 Å². The molecule has 2 aliphatic heterocycles. The van der Waals surface area contributed by atoms with Crippen molar-refractivity contribution in [3.8, 4) is 0 Å². The number of benzene rings is 4. The van der Waals surface area contributed by atoms with Crippen LogP contribution in [0.3, 0.4) is 0 Å². The third-order valence-corrected chi connectivity index (χ3v) is 8.85. The number of halogens is 4. The fourth-order valence-corrected chi connectivity index (χ4v) is 6.26. The fourth-order valence-electron chi connectivity index (χ4n) is 5.79. The Kier molecular flexibility index (Phi) is 8.12. The molecule has 8 nitrogen and oxygen atoms in total. The van der Waals surface area contributed by atoms with E-state index in [0.29, 0.717) is 23.1 Å². The highest BCUT2D eigenvalue weighted by Crippen LogP contribution is 2.60. The van der Waals surface area contributed by atoms with Crippen molar-refractivity contribution in [2.45, 2.75) is 36.5 Å². The molecule has 4 heterocycles. The first-order valence-corrected chi connectivity index (χ1v) is 15.1. The van der Waals surface area contributed by atoms with Crippen molar-refractivity contribution in [1.82, 2.24) is 29.5 Å². The monoisotopic (exact) mass is 658 g/mol. The summed E-state index contributed by atoms with van der Waals surface area (Å²) in [5, 5.41) is 9.61. The normalized spacial score (nSPS) is 23.0. The van der Waals surface area contributed by atoms with Gasteiger partial charge in [-0.2, -0.15) is 10.2 Å². The standard InChI is InChI=1S/2C17H13ClFN3O/c2*18-15-4-2-1-3-14(15)16-17(23-16,9-22-11-20-10-21-22)12-5-7-13(19)8-6-12/h2*1-8,10-11,16H,9H2/t16-,17?;16-,17-/m01/s1. The molecule has 0 radical (unpaired) electrons. The van der Waals surface area contributed by atoms with Crippen molar-refractivity contribution in [2.24, 2.45) is 0 Å². The first kappa shape index (κ1) is 30.2. The average molecular weight is 660 g/mol. The summed E-state index contributed by atoms with van der Waals surface area (Å²) in [6, 6.07) is 27.9. The van der Waals surface area contributed by atoms with Crippen molar-refractivity contribution in [1.29, 1.82) is 0 Å². The van der Waals surface area contributed by atoms with E-state index in [2.05, 4.69) is 20.2 Å². The summed E-state index contributed by atoms with van der Waals surface area (Å²) in [7, 11) is 0. The van der Waals surface area contributed by atoms with E-state index in [9.17, 15) is 8.78 Å². The van der Waals surface area contributed by atoms with E-state index in [1.165, 1.54) is 36.9 Å². The molecule has 2 fully saturated rings. The summed E-state index contributed by atoms with van der Waals surface area (Å²) in [4.78, 5) is 7.93. The van der Waals surface area contributed by atoms with Gasteiger partial charge >= 0.3 is 0 Å². The molecule has 2 saturated heterocycles. The number of hydrogen-bond acceptors (Lipinski definition) is 6. The lowest BCUT2D eigenvalue weighted by molar-refractivity contribution is 0.262. The number of ether oxygens (including phenoxy) is 2. The van der Waals surface area contributed by atoms with Gasteiger partial charge in [-0.25, -0.2) is 28.1 Å². The Morgan fingerprint density at radius 2 is 0.978 bits per heavy atom. The molecule has 4 aromatic carbocycles. The van der Waals surface area contributed by atoms with E-state index < -0.39 is 11.2 Å². The van der Waals surface area contributed by atoms with Crippen LogP contribution in [-0.2, 0) is 33.8 Å². The van der Waals surface area contributed by atoms with Crippen LogP contribution < -0.4 is 0 Å². The number of epoxide rings is 2. The highest BCUT2D eigenvalue weighted by Gasteiger charge is 2.60. The molecular weight excluding hydrogens is 633 g/mol. The first-order valence-electron chi connectivity index (χ1n) is 14.4. The second-order valence-electron chi connectivity index (χ2n) is 11.0. The van der Waals surface area contributed by atoms with Crippen LogP contribution in [0.5, 0.6) is 0 Å². The Labute approximate surface area is 273 Å². The number of nitrogens with zero attached hydrogens (tertiary/aromatic N) is 6. The second kappa shape index (κ2) is 12.4. The van der Waals surface area contributed by atoms with Gasteiger partial charge in [0.2, 0.25) is 0 Å². The quantitative estimate of drug-likeness (QED) is 0.158. The predicted octanol–water partition coefficient (Wildman–Crippen LogP) is 7.48. The van der Waals surface area contributed by atoms with E-state index in [4.69, 9.17) is 32.7 Å². The zero-order valence-corrected chi connectivity index (χ0v) is 25.6. The van der Waals surface area contributed by atoms with E-state index in [0.717, 1.165) is 22.3 Å². The van der Waals surface area contributed by atoms with Crippen LogP contribution in [0, 0.1) is 11.6 Å². The molecule has 4 atom stereocenters. The van der Waals surface area contributed by atoms with E-state index in [-0.39, 0.29) is 23.8 Å². The molecule has 0 bridgehead atoms. The smallest absolute Gasteiger partial charge is 0.144 e. The number of aromatic nitrogens is 6. The minimum absolute atomic E-state index is 0.203. The van der Waals surface area contributed by atoms with Gasteiger partial charge in [-0.1, -0.05) is 83.9 Å². The molecule has 0 saturated carbocycles. The summed E-state index contributed by atoms with van der Waals surface area (Å²) >= 11 is 12.6. The van der Waals surface area contributed by atoms with Crippen molar-refractivity contribution < 1.29 is 18.3 Å². The Bertz CT molecular complexity index is 1790. The molecule has 0 amide bonds. The molecule has 2 aromatic heterocycles. The third-order valence-electron chi connectivity index (χ3n) is 8.16. The fraction of sp³-hybridized carbons (Fsp3) is 0.176. The topological polar surface area (TPSA) is 86.5 Å². The maximum Gasteiger partial charge on any atom is 0.144 e. The van der Waals surface area contributed by atoms with Crippen LogP contribution in [0.4, 0.5) is 8.78 Å². The Hall–Kier alpha value is -4.48. The third kappa shape index (κ3) is 5.92. The van der Waals surface area contributed by atoms with Crippen molar-refractivity contribution >= 4 is 23.2 Å². The molecule has 2 aliphatic rings. The molecular formula is C34H26Cl2F2N6O2. The van der Waals surface area contributed by atoms with Crippen molar-refractivity contribution in [3.63, 3.8) is 0 Å². The molecule has 46 heavy (non-hydrogen) atoms. The first-order chi connectivity index (χ1) is 22.4. The zero-order valence-electron chi connectivity index (χ0n) is 24.1. The SMILES string of the molecule is Fc1ccc(C2(Cn3cncn3)O[C@H]2c2ccccc2Cl)cc1.Fc1ccc([C@@]2(Cn3cncn3)O[C@@H]2c2ccccc2Cl)cc1. The van der Waals surface area contributed by atoms with Gasteiger partial charge in [-0.05, 0) is 47.5 Å². The highest BCUT2D eigenvalue weighted by atomic mass is 35.5. The van der Waals surface area contributed by atoms with Gasteiger partial charge in [0.15, 0.2) is 0 Å². The maximum atomic E-state index is 13.3. The van der Waals surface area contributed by atoms with Gasteiger partial charge in [-0.15, -0.1) is 0 Å². The van der Waals surface area contributed by atoms with Gasteiger partial charge in [0, 0.05) is 21.2 Å². The zero-order chi connectivity index (χ0) is 31.7. The molecule has 8 rings (SSSR count). The Morgan fingerprint density at radius 1 is 0.587 bits per heavy atom. The van der Waals surface area contributed by atoms with Gasteiger partial charge in [0.25, 0.3) is 0 Å².